The summed E-state index contributed by atoms with van der Waals surface area (Å²) < 4.78 is 0. The molecule has 1 radical (unpaired) electrons. The summed E-state index contributed by atoms with van der Waals surface area (Å²) in [6.07, 6.45) is 1.11. The van der Waals surface area contributed by atoms with E-state index in [4.69, 9.17) is 0 Å². The summed E-state index contributed by atoms with van der Waals surface area (Å²) in [6.45, 7) is 0. The Morgan fingerprint density at radius 2 is 1.21 bits per heavy atom. The molecule has 2 heterocycles. The smallest absolute Gasteiger partial charge is 0.646 e. The number of carboxylic acids is 2. The molecule has 2 amide bonds. The van der Waals surface area contributed by atoms with Gasteiger partial charge in [0.2, 0.25) is 0 Å². The largest absolute Gasteiger partial charge is 2.00 e. The molecule has 0 aromatic heterocycles. The summed E-state index contributed by atoms with van der Waals surface area (Å²) in [5.74, 6) is -3.16. The maximum atomic E-state index is 10.3. The van der Waals surface area contributed by atoms with E-state index in [9.17, 15) is 29.4 Å². The Labute approximate surface area is 119 Å². The molecule has 0 aromatic carbocycles. The minimum atomic E-state index is -1.25. The monoisotopic (exact) mass is 317 g/mol. The SMILES string of the molecule is O=C1CC[C@@H](C(=O)[O-])[N-]1.O=C1CC[C@@H](C(=O)[O-])[N-]1.[Cu+2]. The Hall–Kier alpha value is -1.60. The van der Waals surface area contributed by atoms with Crippen molar-refractivity contribution in [1.29, 1.82) is 0 Å². The van der Waals surface area contributed by atoms with Crippen LogP contribution in [0.4, 0.5) is 0 Å². The standard InChI is InChI=1S/2C5H7NO3.Cu/c2*7-4-2-1-3(6-4)5(8)9;/h2*3H,1-2H2,(H2,6,7,8,9);/q;;+2/p-4/t2*3-;/m00./s1. The average Bonchev–Trinajstić information content (AvgIpc) is 2.88. The minimum Gasteiger partial charge on any atom is -0.646 e. The summed E-state index contributed by atoms with van der Waals surface area (Å²) in [7, 11) is 0. The number of carbonyl (C=O) groups excluding carboxylic acids is 4. The molecule has 8 nitrogen and oxygen atoms in total. The van der Waals surface area contributed by atoms with E-state index in [0.717, 1.165) is 0 Å². The first kappa shape index (κ1) is 17.4. The maximum absolute atomic E-state index is 10.3. The van der Waals surface area contributed by atoms with Crippen LogP contribution < -0.4 is 10.2 Å². The first-order chi connectivity index (χ1) is 8.40. The van der Waals surface area contributed by atoms with Gasteiger partial charge in [0.25, 0.3) is 0 Å². The van der Waals surface area contributed by atoms with E-state index in [1.807, 2.05) is 0 Å². The van der Waals surface area contributed by atoms with Crippen molar-refractivity contribution in [2.75, 3.05) is 0 Å². The van der Waals surface area contributed by atoms with Crippen LogP contribution in [0.5, 0.6) is 0 Å². The Morgan fingerprint density at radius 3 is 1.32 bits per heavy atom. The third-order valence-corrected chi connectivity index (χ3v) is 2.41. The topological polar surface area (TPSA) is 143 Å². The van der Waals surface area contributed by atoms with Crippen LogP contribution in [0.2, 0.25) is 0 Å². The van der Waals surface area contributed by atoms with Gasteiger partial charge in [-0.15, -0.1) is 0 Å². The first-order valence-electron chi connectivity index (χ1n) is 5.29. The number of hydrogen-bond acceptors (Lipinski definition) is 6. The van der Waals surface area contributed by atoms with Crippen molar-refractivity contribution < 1.29 is 46.5 Å². The maximum Gasteiger partial charge on any atom is 2.00 e. The molecule has 109 valence electrons. The van der Waals surface area contributed by atoms with Gasteiger partial charge in [0.1, 0.15) is 0 Å². The predicted octanol–water partition coefficient (Wildman–Crippen LogP) is -2.40. The molecule has 0 N–H and O–H groups in total. The van der Waals surface area contributed by atoms with E-state index >= 15 is 0 Å². The van der Waals surface area contributed by atoms with Gasteiger partial charge in [-0.2, -0.15) is 0 Å². The molecule has 0 aromatic rings. The van der Waals surface area contributed by atoms with Gasteiger partial charge in [-0.3, -0.25) is 0 Å². The summed E-state index contributed by atoms with van der Waals surface area (Å²) >= 11 is 0. The molecule has 0 bridgehead atoms. The molecule has 0 unspecified atom stereocenters. The number of nitrogens with zero attached hydrogens (tertiary/aromatic N) is 2. The Kier molecular flexibility index (Phi) is 7.10. The van der Waals surface area contributed by atoms with Crippen molar-refractivity contribution in [1.82, 2.24) is 0 Å². The van der Waals surface area contributed by atoms with Crippen molar-refractivity contribution in [3.63, 3.8) is 0 Å². The third-order valence-electron chi connectivity index (χ3n) is 2.41. The second-order valence-corrected chi connectivity index (χ2v) is 3.79. The number of amides is 2. The van der Waals surface area contributed by atoms with Gasteiger partial charge >= 0.3 is 17.1 Å². The average molecular weight is 318 g/mol. The molecule has 19 heavy (non-hydrogen) atoms. The molecule has 9 heteroatoms. The second-order valence-electron chi connectivity index (χ2n) is 3.79. The summed E-state index contributed by atoms with van der Waals surface area (Å²) in [5, 5.41) is 26.6. The van der Waals surface area contributed by atoms with Crippen LogP contribution in [0, 0.1) is 0 Å². The van der Waals surface area contributed by atoms with Crippen LogP contribution >= 0.6 is 0 Å². The normalized spacial score (nSPS) is 24.4. The van der Waals surface area contributed by atoms with Crippen LogP contribution in [0.25, 0.3) is 10.6 Å². The van der Waals surface area contributed by atoms with Crippen LogP contribution in [-0.4, -0.2) is 35.8 Å². The summed E-state index contributed by atoms with van der Waals surface area (Å²) in [4.78, 5) is 40.6. The van der Waals surface area contributed by atoms with E-state index in [2.05, 4.69) is 10.6 Å². The molecule has 2 aliphatic heterocycles. The molecule has 2 rings (SSSR count). The number of carboxylic acid groups (broad SMARTS) is 2. The Bertz CT molecular complexity index is 350. The van der Waals surface area contributed by atoms with Crippen molar-refractivity contribution in [3.8, 4) is 0 Å². The van der Waals surface area contributed by atoms with Gasteiger partial charge < -0.3 is 40.0 Å². The van der Waals surface area contributed by atoms with E-state index in [1.165, 1.54) is 0 Å². The van der Waals surface area contributed by atoms with E-state index < -0.39 is 24.0 Å². The van der Waals surface area contributed by atoms with Crippen molar-refractivity contribution in [2.24, 2.45) is 0 Å². The minimum absolute atomic E-state index is 0. The van der Waals surface area contributed by atoms with Crippen molar-refractivity contribution >= 4 is 23.8 Å². The zero-order chi connectivity index (χ0) is 13.7. The molecular formula is C10H10CuN2O6-2. The fourth-order valence-electron chi connectivity index (χ4n) is 1.47. The molecular weight excluding hydrogens is 308 g/mol. The van der Waals surface area contributed by atoms with Gasteiger partial charge in [-0.05, 0) is 12.8 Å². The zero-order valence-corrected chi connectivity index (χ0v) is 10.6. The molecule has 2 atom stereocenters. The van der Waals surface area contributed by atoms with Crippen LogP contribution in [0.1, 0.15) is 25.7 Å². The van der Waals surface area contributed by atoms with Gasteiger partial charge in [0.05, 0.1) is 11.8 Å². The van der Waals surface area contributed by atoms with Gasteiger partial charge in [-0.1, -0.05) is 24.9 Å². The Balaban J connectivity index is 0.000000324. The third kappa shape index (κ3) is 5.71. The van der Waals surface area contributed by atoms with E-state index in [0.29, 0.717) is 12.8 Å². The molecule has 0 saturated carbocycles. The second kappa shape index (κ2) is 7.75. The molecule has 2 saturated heterocycles. The number of aliphatic carboxylic acids is 2. The fraction of sp³-hybridized carbons (Fsp3) is 0.600. The van der Waals surface area contributed by atoms with Crippen LogP contribution in [0.3, 0.4) is 0 Å². The van der Waals surface area contributed by atoms with Gasteiger partial charge in [0, 0.05) is 11.9 Å². The number of hydrogen-bond donors (Lipinski definition) is 0. The van der Waals surface area contributed by atoms with Crippen LogP contribution in [-0.2, 0) is 36.2 Å². The molecule has 2 fully saturated rings. The predicted molar refractivity (Wildman–Crippen MR) is 52.8 cm³/mol. The molecule has 0 spiro atoms. The first-order valence-corrected chi connectivity index (χ1v) is 5.29. The molecule has 0 aliphatic carbocycles. The van der Waals surface area contributed by atoms with Gasteiger partial charge in [0.15, 0.2) is 0 Å². The number of rotatable bonds is 2. The quantitative estimate of drug-likeness (QED) is 0.519. The summed E-state index contributed by atoms with van der Waals surface area (Å²) in [6, 6.07) is -1.75. The number of carbonyl (C=O) groups is 4. The van der Waals surface area contributed by atoms with Gasteiger partial charge in [-0.25, -0.2) is 0 Å². The zero-order valence-electron chi connectivity index (χ0n) is 9.63. The van der Waals surface area contributed by atoms with Crippen molar-refractivity contribution in [3.05, 3.63) is 10.6 Å². The fourth-order valence-corrected chi connectivity index (χ4v) is 1.47. The summed E-state index contributed by atoms with van der Waals surface area (Å²) in [5.41, 5.74) is 0. The van der Waals surface area contributed by atoms with Crippen LogP contribution in [0.15, 0.2) is 0 Å². The molecule has 2 aliphatic rings. The van der Waals surface area contributed by atoms with E-state index in [1.54, 1.807) is 0 Å². The Morgan fingerprint density at radius 1 is 0.895 bits per heavy atom. The van der Waals surface area contributed by atoms with Crippen molar-refractivity contribution in [2.45, 2.75) is 37.8 Å². The van der Waals surface area contributed by atoms with E-state index in [-0.39, 0.29) is 41.7 Å².